The van der Waals surface area contributed by atoms with Crippen molar-refractivity contribution in [2.24, 2.45) is 11.8 Å². The summed E-state index contributed by atoms with van der Waals surface area (Å²) in [6.45, 7) is 8.52. The van der Waals surface area contributed by atoms with Crippen LogP contribution in [0.5, 0.6) is 0 Å². The molecule has 4 nitrogen and oxygen atoms in total. The maximum atomic E-state index is 12.0. The Labute approximate surface area is 123 Å². The minimum Gasteiger partial charge on any atom is -0.356 e. The SMILES string of the molecule is CC(CC1CCCC1)C(=O)NCCCN1CCNCC1. The van der Waals surface area contributed by atoms with Gasteiger partial charge in [0.25, 0.3) is 0 Å². The first-order chi connectivity index (χ1) is 9.75. The second-order valence-electron chi connectivity index (χ2n) is 6.52. The predicted octanol–water partition coefficient (Wildman–Crippen LogP) is 1.61. The van der Waals surface area contributed by atoms with Gasteiger partial charge in [0.1, 0.15) is 0 Å². The van der Waals surface area contributed by atoms with E-state index in [4.69, 9.17) is 0 Å². The van der Waals surface area contributed by atoms with Crippen LogP contribution in [0.4, 0.5) is 0 Å². The Balaban J connectivity index is 1.52. The maximum Gasteiger partial charge on any atom is 0.222 e. The molecular weight excluding hydrogens is 250 g/mol. The first kappa shape index (κ1) is 15.8. The van der Waals surface area contributed by atoms with Gasteiger partial charge in [-0.3, -0.25) is 4.79 Å². The second kappa shape index (κ2) is 8.63. The molecule has 1 aliphatic carbocycles. The molecule has 1 atom stereocenters. The van der Waals surface area contributed by atoms with E-state index >= 15 is 0 Å². The molecule has 0 bridgehead atoms. The van der Waals surface area contributed by atoms with E-state index in [9.17, 15) is 4.79 Å². The van der Waals surface area contributed by atoms with Crippen molar-refractivity contribution in [1.29, 1.82) is 0 Å². The smallest absolute Gasteiger partial charge is 0.222 e. The highest BCUT2D eigenvalue weighted by Crippen LogP contribution is 2.30. The van der Waals surface area contributed by atoms with Crippen molar-refractivity contribution in [3.8, 4) is 0 Å². The summed E-state index contributed by atoms with van der Waals surface area (Å²) in [5, 5.41) is 6.48. The van der Waals surface area contributed by atoms with E-state index in [0.717, 1.165) is 58.0 Å². The van der Waals surface area contributed by atoms with Crippen LogP contribution in [0.3, 0.4) is 0 Å². The van der Waals surface area contributed by atoms with Crippen molar-refractivity contribution in [1.82, 2.24) is 15.5 Å². The van der Waals surface area contributed by atoms with E-state index in [0.29, 0.717) is 0 Å². The lowest BCUT2D eigenvalue weighted by atomic mass is 9.94. The van der Waals surface area contributed by atoms with Crippen molar-refractivity contribution in [3.05, 3.63) is 0 Å². The lowest BCUT2D eigenvalue weighted by molar-refractivity contribution is -0.125. The number of amides is 1. The van der Waals surface area contributed by atoms with Crippen molar-refractivity contribution in [2.75, 3.05) is 39.3 Å². The summed E-state index contributed by atoms with van der Waals surface area (Å²) in [4.78, 5) is 14.5. The Bertz CT molecular complexity index is 283. The van der Waals surface area contributed by atoms with Crippen LogP contribution in [0.15, 0.2) is 0 Å². The number of piperazine rings is 1. The Hall–Kier alpha value is -0.610. The van der Waals surface area contributed by atoms with Gasteiger partial charge >= 0.3 is 0 Å². The van der Waals surface area contributed by atoms with Gasteiger partial charge in [0.15, 0.2) is 0 Å². The van der Waals surface area contributed by atoms with E-state index in [1.165, 1.54) is 25.7 Å². The fourth-order valence-electron chi connectivity index (χ4n) is 3.48. The van der Waals surface area contributed by atoms with Crippen LogP contribution in [-0.4, -0.2) is 50.1 Å². The van der Waals surface area contributed by atoms with Gasteiger partial charge in [-0.2, -0.15) is 0 Å². The standard InChI is InChI=1S/C16H31N3O/c1-14(13-15-5-2-3-6-15)16(20)18-7-4-10-19-11-8-17-9-12-19/h14-15,17H,2-13H2,1H3,(H,18,20). The Morgan fingerprint density at radius 3 is 2.70 bits per heavy atom. The third-order valence-corrected chi connectivity index (χ3v) is 4.77. The highest BCUT2D eigenvalue weighted by molar-refractivity contribution is 5.78. The van der Waals surface area contributed by atoms with Crippen LogP contribution >= 0.6 is 0 Å². The molecule has 116 valence electrons. The molecule has 0 aromatic carbocycles. The lowest BCUT2D eigenvalue weighted by Crippen LogP contribution is -2.44. The molecule has 1 saturated heterocycles. The van der Waals surface area contributed by atoms with Crippen LogP contribution in [0, 0.1) is 11.8 Å². The quantitative estimate of drug-likeness (QED) is 0.697. The average Bonchev–Trinajstić information content (AvgIpc) is 2.97. The van der Waals surface area contributed by atoms with Crippen LogP contribution < -0.4 is 10.6 Å². The monoisotopic (exact) mass is 281 g/mol. The molecule has 2 fully saturated rings. The lowest BCUT2D eigenvalue weighted by Gasteiger charge is -2.27. The van der Waals surface area contributed by atoms with Crippen molar-refractivity contribution in [3.63, 3.8) is 0 Å². The third kappa shape index (κ3) is 5.41. The molecule has 0 aromatic rings. The fraction of sp³-hybridized carbons (Fsp3) is 0.938. The molecule has 0 aromatic heterocycles. The molecule has 20 heavy (non-hydrogen) atoms. The first-order valence-corrected chi connectivity index (χ1v) is 8.46. The number of hydrogen-bond donors (Lipinski definition) is 2. The minimum atomic E-state index is 0.192. The summed E-state index contributed by atoms with van der Waals surface area (Å²) < 4.78 is 0. The van der Waals surface area contributed by atoms with Crippen LogP contribution in [0.25, 0.3) is 0 Å². The van der Waals surface area contributed by atoms with Gasteiger partial charge < -0.3 is 15.5 Å². The van der Waals surface area contributed by atoms with Crippen LogP contribution in [0.2, 0.25) is 0 Å². The molecule has 1 saturated carbocycles. The van der Waals surface area contributed by atoms with Crippen molar-refractivity contribution >= 4 is 5.91 Å². The van der Waals surface area contributed by atoms with E-state index in [1.807, 2.05) is 0 Å². The van der Waals surface area contributed by atoms with Gasteiger partial charge in [0, 0.05) is 38.6 Å². The number of rotatable bonds is 7. The molecule has 0 radical (unpaired) electrons. The number of hydrogen-bond acceptors (Lipinski definition) is 3. The summed E-state index contributed by atoms with van der Waals surface area (Å²) in [5.74, 6) is 1.26. The molecular formula is C16H31N3O. The Morgan fingerprint density at radius 2 is 2.00 bits per heavy atom. The Kier molecular flexibility index (Phi) is 6.80. The van der Waals surface area contributed by atoms with Gasteiger partial charge in [-0.25, -0.2) is 0 Å². The molecule has 1 amide bonds. The maximum absolute atomic E-state index is 12.0. The largest absolute Gasteiger partial charge is 0.356 e. The topological polar surface area (TPSA) is 44.4 Å². The molecule has 2 rings (SSSR count). The first-order valence-electron chi connectivity index (χ1n) is 8.46. The highest BCUT2D eigenvalue weighted by Gasteiger charge is 2.21. The van der Waals surface area contributed by atoms with Gasteiger partial charge in [-0.15, -0.1) is 0 Å². The van der Waals surface area contributed by atoms with Crippen LogP contribution in [0.1, 0.15) is 45.4 Å². The predicted molar refractivity (Wildman–Crippen MR) is 82.7 cm³/mol. The zero-order valence-electron chi connectivity index (χ0n) is 13.0. The second-order valence-corrected chi connectivity index (χ2v) is 6.52. The van der Waals surface area contributed by atoms with Crippen molar-refractivity contribution in [2.45, 2.75) is 45.4 Å². The minimum absolute atomic E-state index is 0.192. The molecule has 1 unspecified atom stereocenters. The molecule has 2 N–H and O–H groups in total. The summed E-state index contributed by atoms with van der Waals surface area (Å²) >= 11 is 0. The van der Waals surface area contributed by atoms with E-state index in [2.05, 4.69) is 22.5 Å². The average molecular weight is 281 g/mol. The van der Waals surface area contributed by atoms with E-state index in [1.54, 1.807) is 0 Å². The molecule has 1 heterocycles. The normalized spacial score (nSPS) is 22.9. The zero-order chi connectivity index (χ0) is 14.2. The number of nitrogens with one attached hydrogen (secondary N) is 2. The highest BCUT2D eigenvalue weighted by atomic mass is 16.1. The summed E-state index contributed by atoms with van der Waals surface area (Å²) in [7, 11) is 0. The van der Waals surface area contributed by atoms with Crippen molar-refractivity contribution < 1.29 is 4.79 Å². The Morgan fingerprint density at radius 1 is 1.30 bits per heavy atom. The number of carbonyl (C=O) groups excluding carboxylic acids is 1. The van der Waals surface area contributed by atoms with Gasteiger partial charge in [-0.05, 0) is 25.3 Å². The third-order valence-electron chi connectivity index (χ3n) is 4.77. The summed E-state index contributed by atoms with van der Waals surface area (Å²) in [5.41, 5.74) is 0. The van der Waals surface area contributed by atoms with Gasteiger partial charge in [-0.1, -0.05) is 32.6 Å². The zero-order valence-corrected chi connectivity index (χ0v) is 13.0. The van der Waals surface area contributed by atoms with E-state index in [-0.39, 0.29) is 11.8 Å². The summed E-state index contributed by atoms with van der Waals surface area (Å²) in [6.07, 6.45) is 7.56. The van der Waals surface area contributed by atoms with Crippen LogP contribution in [-0.2, 0) is 4.79 Å². The van der Waals surface area contributed by atoms with Gasteiger partial charge in [0.2, 0.25) is 5.91 Å². The molecule has 0 spiro atoms. The summed E-state index contributed by atoms with van der Waals surface area (Å²) in [6, 6.07) is 0. The molecule has 1 aliphatic heterocycles. The number of nitrogens with zero attached hydrogens (tertiary/aromatic N) is 1. The molecule has 2 aliphatic rings. The molecule has 4 heteroatoms. The van der Waals surface area contributed by atoms with Gasteiger partial charge in [0.05, 0.1) is 0 Å². The number of carbonyl (C=O) groups is 1. The fourth-order valence-corrected chi connectivity index (χ4v) is 3.48. The van der Waals surface area contributed by atoms with E-state index < -0.39 is 0 Å².